The van der Waals surface area contributed by atoms with Crippen molar-refractivity contribution >= 4 is 33.4 Å². The predicted molar refractivity (Wildman–Crippen MR) is 68.6 cm³/mol. The molecule has 0 saturated heterocycles. The van der Waals surface area contributed by atoms with Crippen molar-refractivity contribution in [2.45, 2.75) is 6.92 Å². The van der Waals surface area contributed by atoms with Crippen LogP contribution in [0, 0.1) is 12.7 Å². The first kappa shape index (κ1) is 11.8. The molecule has 17 heavy (non-hydrogen) atoms. The summed E-state index contributed by atoms with van der Waals surface area (Å²) in [4.78, 5) is 8.01. The molecular weight excluding hydrogens is 287 g/mol. The third-order valence-electron chi connectivity index (χ3n) is 2.15. The summed E-state index contributed by atoms with van der Waals surface area (Å²) in [5.41, 5.74) is 6.44. The quantitative estimate of drug-likeness (QED) is 0.836. The molecule has 4 nitrogen and oxygen atoms in total. The average molecular weight is 297 g/mol. The molecule has 0 amide bonds. The second-order valence-electron chi connectivity index (χ2n) is 3.50. The molecule has 1 aromatic heterocycles. The van der Waals surface area contributed by atoms with Crippen LogP contribution in [0.2, 0.25) is 0 Å². The van der Waals surface area contributed by atoms with E-state index in [4.69, 9.17) is 5.73 Å². The van der Waals surface area contributed by atoms with Gasteiger partial charge in [0.15, 0.2) is 0 Å². The first-order valence-electron chi connectivity index (χ1n) is 4.88. The Bertz CT molecular complexity index is 539. The zero-order valence-corrected chi connectivity index (χ0v) is 10.6. The number of hydrogen-bond acceptors (Lipinski definition) is 4. The highest BCUT2D eigenvalue weighted by molar-refractivity contribution is 9.10. The van der Waals surface area contributed by atoms with Crippen LogP contribution >= 0.6 is 15.9 Å². The Morgan fingerprint density at radius 3 is 2.82 bits per heavy atom. The number of nitrogens with two attached hydrogens (primary N) is 1. The van der Waals surface area contributed by atoms with Crippen LogP contribution in [0.5, 0.6) is 0 Å². The van der Waals surface area contributed by atoms with Crippen LogP contribution in [0.1, 0.15) is 5.56 Å². The lowest BCUT2D eigenvalue weighted by Crippen LogP contribution is -2.02. The highest BCUT2D eigenvalue weighted by Crippen LogP contribution is 2.21. The maximum atomic E-state index is 13.7. The van der Waals surface area contributed by atoms with Gasteiger partial charge in [-0.2, -0.15) is 4.98 Å². The lowest BCUT2D eigenvalue weighted by atomic mass is 10.2. The molecule has 2 rings (SSSR count). The Balaban J connectivity index is 2.34. The summed E-state index contributed by atoms with van der Waals surface area (Å²) >= 11 is 3.19. The number of nitrogens with zero attached hydrogens (tertiary/aromatic N) is 2. The van der Waals surface area contributed by atoms with Crippen LogP contribution < -0.4 is 11.1 Å². The number of halogens is 2. The van der Waals surface area contributed by atoms with Crippen molar-refractivity contribution < 1.29 is 4.39 Å². The number of hydrogen-bond donors (Lipinski definition) is 2. The number of nitrogen functional groups attached to an aromatic ring is 1. The van der Waals surface area contributed by atoms with Crippen LogP contribution in [-0.4, -0.2) is 9.97 Å². The lowest BCUT2D eigenvalue weighted by molar-refractivity contribution is 0.622. The van der Waals surface area contributed by atoms with Crippen molar-refractivity contribution in [3.05, 3.63) is 40.2 Å². The van der Waals surface area contributed by atoms with Gasteiger partial charge in [-0.25, -0.2) is 9.37 Å². The van der Waals surface area contributed by atoms with Crippen molar-refractivity contribution in [1.29, 1.82) is 0 Å². The highest BCUT2D eigenvalue weighted by Gasteiger charge is 2.07. The van der Waals surface area contributed by atoms with Crippen molar-refractivity contribution in [3.8, 4) is 0 Å². The van der Waals surface area contributed by atoms with Crippen molar-refractivity contribution in [1.82, 2.24) is 9.97 Å². The second-order valence-corrected chi connectivity index (χ2v) is 4.31. The van der Waals surface area contributed by atoms with Gasteiger partial charge in [-0.1, -0.05) is 12.1 Å². The predicted octanol–water partition coefficient (Wildman–Crippen LogP) is 3.01. The van der Waals surface area contributed by atoms with E-state index in [1.165, 1.54) is 0 Å². The number of rotatable bonds is 2. The molecule has 0 aliphatic heterocycles. The van der Waals surface area contributed by atoms with Gasteiger partial charge in [0, 0.05) is 6.07 Å². The van der Waals surface area contributed by atoms with Gasteiger partial charge in [0.25, 0.3) is 0 Å². The minimum atomic E-state index is -0.324. The Hall–Kier alpha value is -1.69. The van der Waals surface area contributed by atoms with Gasteiger partial charge in [-0.3, -0.25) is 0 Å². The van der Waals surface area contributed by atoms with Gasteiger partial charge in [-0.05, 0) is 34.5 Å². The Morgan fingerprint density at radius 1 is 1.35 bits per heavy atom. The van der Waals surface area contributed by atoms with Crippen LogP contribution in [0.3, 0.4) is 0 Å². The Kier molecular flexibility index (Phi) is 3.23. The Morgan fingerprint density at radius 2 is 2.12 bits per heavy atom. The second kappa shape index (κ2) is 4.67. The SMILES string of the molecule is Cc1cccc(Nc2nc(N)cc(Br)n2)c1F. The fraction of sp³-hybridized carbons (Fsp3) is 0.0909. The molecule has 1 heterocycles. The number of benzene rings is 1. The highest BCUT2D eigenvalue weighted by atomic mass is 79.9. The van der Waals surface area contributed by atoms with Gasteiger partial charge < -0.3 is 11.1 Å². The van der Waals surface area contributed by atoms with E-state index in [1.807, 2.05) is 0 Å². The summed E-state index contributed by atoms with van der Waals surface area (Å²) < 4.78 is 14.3. The largest absolute Gasteiger partial charge is 0.383 e. The zero-order chi connectivity index (χ0) is 12.4. The summed E-state index contributed by atoms with van der Waals surface area (Å²) in [5.74, 6) is 0.235. The van der Waals surface area contributed by atoms with Gasteiger partial charge in [0.05, 0.1) is 5.69 Å². The topological polar surface area (TPSA) is 63.8 Å². The van der Waals surface area contributed by atoms with E-state index < -0.39 is 0 Å². The standard InChI is InChI=1S/C11H10BrFN4/c1-6-3-2-4-7(10(6)13)15-11-16-8(12)5-9(14)17-11/h2-5H,1H3,(H3,14,15,16,17). The molecule has 0 aliphatic rings. The van der Waals surface area contributed by atoms with Gasteiger partial charge >= 0.3 is 0 Å². The monoisotopic (exact) mass is 296 g/mol. The smallest absolute Gasteiger partial charge is 0.230 e. The molecule has 3 N–H and O–H groups in total. The molecule has 0 saturated carbocycles. The number of anilines is 3. The molecule has 0 bridgehead atoms. The molecule has 0 unspecified atom stereocenters. The third-order valence-corrected chi connectivity index (χ3v) is 2.56. The van der Waals surface area contributed by atoms with Crippen molar-refractivity contribution in [3.63, 3.8) is 0 Å². The van der Waals surface area contributed by atoms with Crippen LogP contribution in [-0.2, 0) is 0 Å². The van der Waals surface area contributed by atoms with Crippen LogP contribution in [0.25, 0.3) is 0 Å². The van der Waals surface area contributed by atoms with E-state index in [2.05, 4.69) is 31.2 Å². The summed E-state index contributed by atoms with van der Waals surface area (Å²) in [6, 6.07) is 6.62. The lowest BCUT2D eigenvalue weighted by Gasteiger charge is -2.08. The third kappa shape index (κ3) is 2.71. The van der Waals surface area contributed by atoms with Crippen LogP contribution in [0.15, 0.2) is 28.9 Å². The van der Waals surface area contributed by atoms with E-state index in [9.17, 15) is 4.39 Å². The molecule has 0 aliphatic carbocycles. The Labute approximate surface area is 106 Å². The number of aryl methyl sites for hydroxylation is 1. The van der Waals surface area contributed by atoms with Crippen LogP contribution in [0.4, 0.5) is 21.8 Å². The molecule has 2 aromatic rings. The minimum Gasteiger partial charge on any atom is -0.383 e. The fourth-order valence-electron chi connectivity index (χ4n) is 1.36. The minimum absolute atomic E-state index is 0.251. The maximum absolute atomic E-state index is 13.7. The first-order valence-corrected chi connectivity index (χ1v) is 5.68. The fourth-order valence-corrected chi connectivity index (χ4v) is 1.76. The maximum Gasteiger partial charge on any atom is 0.230 e. The van der Waals surface area contributed by atoms with Gasteiger partial charge in [-0.15, -0.1) is 0 Å². The summed E-state index contributed by atoms with van der Waals surface area (Å²) in [6.07, 6.45) is 0. The molecular formula is C11H10BrFN4. The van der Waals surface area contributed by atoms with E-state index >= 15 is 0 Å². The number of nitrogens with one attached hydrogen (secondary N) is 1. The molecule has 6 heteroatoms. The molecule has 0 radical (unpaired) electrons. The van der Waals surface area contributed by atoms with E-state index in [-0.39, 0.29) is 11.8 Å². The summed E-state index contributed by atoms with van der Waals surface area (Å²) in [7, 11) is 0. The van der Waals surface area contributed by atoms with E-state index in [0.717, 1.165) is 0 Å². The van der Waals surface area contributed by atoms with Gasteiger partial charge in [0.2, 0.25) is 5.95 Å². The molecule has 0 atom stereocenters. The molecule has 0 fully saturated rings. The van der Waals surface area contributed by atoms with E-state index in [0.29, 0.717) is 21.7 Å². The average Bonchev–Trinajstić information content (AvgIpc) is 2.23. The van der Waals surface area contributed by atoms with E-state index in [1.54, 1.807) is 31.2 Å². The molecule has 88 valence electrons. The van der Waals surface area contributed by atoms with Crippen molar-refractivity contribution in [2.75, 3.05) is 11.1 Å². The number of aromatic nitrogens is 2. The van der Waals surface area contributed by atoms with Crippen molar-refractivity contribution in [2.24, 2.45) is 0 Å². The zero-order valence-electron chi connectivity index (χ0n) is 9.04. The summed E-state index contributed by atoms with van der Waals surface area (Å²) in [6.45, 7) is 1.69. The molecule has 0 spiro atoms. The molecule has 1 aromatic carbocycles. The summed E-state index contributed by atoms with van der Waals surface area (Å²) in [5, 5.41) is 2.79. The first-order chi connectivity index (χ1) is 8.06. The van der Waals surface area contributed by atoms with Gasteiger partial charge in [0.1, 0.15) is 16.2 Å². The normalized spacial score (nSPS) is 10.3.